The van der Waals surface area contributed by atoms with E-state index >= 15 is 0 Å². The van der Waals surface area contributed by atoms with Crippen LogP contribution in [0.15, 0.2) is 0 Å². The summed E-state index contributed by atoms with van der Waals surface area (Å²) < 4.78 is 4.75. The molecule has 0 aromatic carbocycles. The van der Waals surface area contributed by atoms with E-state index in [-0.39, 0.29) is 31.1 Å². The second kappa shape index (κ2) is 7.56. The van der Waals surface area contributed by atoms with Crippen molar-refractivity contribution in [3.05, 3.63) is 0 Å². The van der Waals surface area contributed by atoms with Gasteiger partial charge in [0.1, 0.15) is 6.04 Å². The normalized spacial score (nSPS) is 11.4. The van der Waals surface area contributed by atoms with Gasteiger partial charge in [0.15, 0.2) is 5.78 Å². The molecule has 16 heavy (non-hydrogen) atoms. The van der Waals surface area contributed by atoms with Gasteiger partial charge >= 0.3 is 5.97 Å². The Bertz CT molecular complexity index is 289. The van der Waals surface area contributed by atoms with Crippen LogP contribution < -0.4 is 5.32 Å². The molecule has 0 saturated carbocycles. The summed E-state index contributed by atoms with van der Waals surface area (Å²) >= 11 is 0. The van der Waals surface area contributed by atoms with Crippen molar-refractivity contribution in [3.8, 4) is 0 Å². The summed E-state index contributed by atoms with van der Waals surface area (Å²) in [7, 11) is 0. The van der Waals surface area contributed by atoms with Crippen LogP contribution in [0.1, 0.15) is 26.7 Å². The first-order chi connectivity index (χ1) is 7.51. The molecule has 0 radical (unpaired) electrons. The minimum Gasteiger partial charge on any atom is -0.464 e. The quantitative estimate of drug-likeness (QED) is 0.475. The SMILES string of the molecule is CCOC(=O)[C@H](CCC(=O)C=N)NC(C)=O. The molecule has 0 saturated heterocycles. The molecule has 0 unspecified atom stereocenters. The van der Waals surface area contributed by atoms with Gasteiger partial charge in [0.2, 0.25) is 5.91 Å². The molecule has 0 aromatic heterocycles. The molecule has 0 aliphatic heterocycles. The van der Waals surface area contributed by atoms with E-state index in [1.807, 2.05) is 0 Å². The van der Waals surface area contributed by atoms with Crippen molar-refractivity contribution in [1.29, 1.82) is 5.41 Å². The maximum absolute atomic E-state index is 11.4. The van der Waals surface area contributed by atoms with E-state index in [1.54, 1.807) is 6.92 Å². The number of carbonyl (C=O) groups excluding carboxylic acids is 3. The van der Waals surface area contributed by atoms with Crippen molar-refractivity contribution in [2.45, 2.75) is 32.7 Å². The van der Waals surface area contributed by atoms with E-state index in [1.165, 1.54) is 6.92 Å². The highest BCUT2D eigenvalue weighted by molar-refractivity contribution is 6.26. The monoisotopic (exact) mass is 228 g/mol. The third-order valence-electron chi connectivity index (χ3n) is 1.79. The largest absolute Gasteiger partial charge is 0.464 e. The van der Waals surface area contributed by atoms with Gasteiger partial charge in [-0.1, -0.05) is 0 Å². The Morgan fingerprint density at radius 3 is 2.50 bits per heavy atom. The van der Waals surface area contributed by atoms with E-state index in [9.17, 15) is 14.4 Å². The van der Waals surface area contributed by atoms with Gasteiger partial charge < -0.3 is 15.5 Å². The molecule has 1 atom stereocenters. The predicted molar refractivity (Wildman–Crippen MR) is 57.3 cm³/mol. The van der Waals surface area contributed by atoms with Gasteiger partial charge in [-0.15, -0.1) is 0 Å². The van der Waals surface area contributed by atoms with Gasteiger partial charge in [0, 0.05) is 13.3 Å². The Morgan fingerprint density at radius 2 is 2.06 bits per heavy atom. The van der Waals surface area contributed by atoms with Gasteiger partial charge in [-0.3, -0.25) is 9.59 Å². The van der Waals surface area contributed by atoms with Gasteiger partial charge in [0.05, 0.1) is 12.8 Å². The topological polar surface area (TPSA) is 96.3 Å². The molecule has 0 spiro atoms. The molecule has 90 valence electrons. The van der Waals surface area contributed by atoms with Crippen LogP contribution in [0, 0.1) is 5.41 Å². The van der Waals surface area contributed by atoms with Crippen molar-refractivity contribution >= 4 is 23.9 Å². The lowest BCUT2D eigenvalue weighted by atomic mass is 10.1. The molecule has 0 aliphatic rings. The van der Waals surface area contributed by atoms with Gasteiger partial charge in [0.25, 0.3) is 0 Å². The molecule has 0 heterocycles. The third kappa shape index (κ3) is 5.90. The summed E-state index contributed by atoms with van der Waals surface area (Å²) in [6.45, 7) is 3.16. The number of amides is 1. The Morgan fingerprint density at radius 1 is 1.44 bits per heavy atom. The number of nitrogens with one attached hydrogen (secondary N) is 2. The van der Waals surface area contributed by atoms with Gasteiger partial charge in [-0.25, -0.2) is 4.79 Å². The van der Waals surface area contributed by atoms with Crippen molar-refractivity contribution in [3.63, 3.8) is 0 Å². The van der Waals surface area contributed by atoms with Gasteiger partial charge in [-0.05, 0) is 13.3 Å². The van der Waals surface area contributed by atoms with Crippen LogP contribution in [-0.4, -0.2) is 36.5 Å². The molecule has 0 aromatic rings. The zero-order chi connectivity index (χ0) is 12.6. The number of esters is 1. The molecule has 0 fully saturated rings. The van der Waals surface area contributed by atoms with Crippen LogP contribution in [0.25, 0.3) is 0 Å². The molecule has 2 N–H and O–H groups in total. The Labute approximate surface area is 93.9 Å². The van der Waals surface area contributed by atoms with E-state index in [0.29, 0.717) is 6.21 Å². The van der Waals surface area contributed by atoms with Crippen molar-refractivity contribution in [2.24, 2.45) is 0 Å². The maximum atomic E-state index is 11.4. The predicted octanol–water partition coefficient (Wildman–Crippen LogP) is 0.0531. The summed E-state index contributed by atoms with van der Waals surface area (Å²) in [5.41, 5.74) is 0. The Balaban J connectivity index is 4.30. The number of carbonyl (C=O) groups is 3. The fourth-order valence-corrected chi connectivity index (χ4v) is 1.10. The first-order valence-corrected chi connectivity index (χ1v) is 4.98. The molecule has 1 amide bonds. The smallest absolute Gasteiger partial charge is 0.328 e. The Kier molecular flexibility index (Phi) is 6.74. The van der Waals surface area contributed by atoms with Crippen LogP contribution >= 0.6 is 0 Å². The van der Waals surface area contributed by atoms with Crippen molar-refractivity contribution < 1.29 is 19.1 Å². The average Bonchev–Trinajstić information content (AvgIpc) is 2.23. The highest BCUT2D eigenvalue weighted by Gasteiger charge is 2.21. The van der Waals surface area contributed by atoms with Crippen LogP contribution in [0.5, 0.6) is 0 Å². The van der Waals surface area contributed by atoms with Crippen LogP contribution in [0.4, 0.5) is 0 Å². The lowest BCUT2D eigenvalue weighted by molar-refractivity contribution is -0.147. The minimum absolute atomic E-state index is 0.0350. The third-order valence-corrected chi connectivity index (χ3v) is 1.79. The van der Waals surface area contributed by atoms with Crippen molar-refractivity contribution in [1.82, 2.24) is 5.32 Å². The van der Waals surface area contributed by atoms with E-state index in [4.69, 9.17) is 10.1 Å². The number of Topliss-reactive ketones (excluding diaryl/α,β-unsaturated/α-hetero) is 1. The second-order valence-electron chi connectivity index (χ2n) is 3.15. The standard InChI is InChI=1S/C10H16N2O4/c1-3-16-10(15)9(12-7(2)13)5-4-8(14)6-11/h6,9,11H,3-5H2,1-2H3,(H,12,13)/t9-/m0/s1. The number of ketones is 1. The molecule has 6 heteroatoms. The first kappa shape index (κ1) is 14.3. The average molecular weight is 228 g/mol. The number of rotatable bonds is 7. The molecule has 0 bridgehead atoms. The van der Waals surface area contributed by atoms with E-state index in [0.717, 1.165) is 0 Å². The van der Waals surface area contributed by atoms with E-state index < -0.39 is 12.0 Å². The maximum Gasteiger partial charge on any atom is 0.328 e. The first-order valence-electron chi connectivity index (χ1n) is 4.98. The zero-order valence-electron chi connectivity index (χ0n) is 9.41. The van der Waals surface area contributed by atoms with Crippen LogP contribution in [-0.2, 0) is 19.1 Å². The fourth-order valence-electron chi connectivity index (χ4n) is 1.10. The molecule has 0 aliphatic carbocycles. The molecular formula is C10H16N2O4. The van der Waals surface area contributed by atoms with Gasteiger partial charge in [-0.2, -0.15) is 0 Å². The number of hydrogen-bond donors (Lipinski definition) is 2. The lowest BCUT2D eigenvalue weighted by Gasteiger charge is -2.15. The second-order valence-corrected chi connectivity index (χ2v) is 3.15. The number of hydrogen-bond acceptors (Lipinski definition) is 5. The summed E-state index contributed by atoms with van der Waals surface area (Å²) in [4.78, 5) is 33.1. The van der Waals surface area contributed by atoms with E-state index in [2.05, 4.69) is 5.32 Å². The van der Waals surface area contributed by atoms with Crippen LogP contribution in [0.2, 0.25) is 0 Å². The Hall–Kier alpha value is -1.72. The summed E-state index contributed by atoms with van der Waals surface area (Å²) in [6, 6.07) is -0.818. The van der Waals surface area contributed by atoms with Crippen molar-refractivity contribution in [2.75, 3.05) is 6.61 Å². The van der Waals surface area contributed by atoms with Crippen LogP contribution in [0.3, 0.4) is 0 Å². The summed E-state index contributed by atoms with van der Waals surface area (Å²) in [6.07, 6.45) is 0.871. The highest BCUT2D eigenvalue weighted by Crippen LogP contribution is 2.00. The molecule has 0 rings (SSSR count). The zero-order valence-corrected chi connectivity index (χ0v) is 9.41. The fraction of sp³-hybridized carbons (Fsp3) is 0.600. The molecule has 6 nitrogen and oxygen atoms in total. The summed E-state index contributed by atoms with van der Waals surface area (Å²) in [5.74, 6) is -1.31. The lowest BCUT2D eigenvalue weighted by Crippen LogP contribution is -2.41. The number of ether oxygens (including phenoxy) is 1. The minimum atomic E-state index is -0.818. The summed E-state index contributed by atoms with van der Waals surface area (Å²) in [5, 5.41) is 9.11. The highest BCUT2D eigenvalue weighted by atomic mass is 16.5. The molecular weight excluding hydrogens is 212 g/mol.